The Bertz CT molecular complexity index is 800. The molecule has 0 amide bonds. The van der Waals surface area contributed by atoms with E-state index in [0.29, 0.717) is 6.42 Å². The summed E-state index contributed by atoms with van der Waals surface area (Å²) in [5.41, 5.74) is 4.56. The highest BCUT2D eigenvalue weighted by atomic mass is 16.6. The Labute approximate surface area is 175 Å². The van der Waals surface area contributed by atoms with Gasteiger partial charge >= 0.3 is 17.6 Å². The third kappa shape index (κ3) is 8.91. The van der Waals surface area contributed by atoms with Crippen LogP contribution in [0.3, 0.4) is 0 Å². The van der Waals surface area contributed by atoms with Gasteiger partial charge in [0.15, 0.2) is 0 Å². The summed E-state index contributed by atoms with van der Waals surface area (Å²) in [7, 11) is 0. The fraction of sp³-hybridized carbons (Fsp3) is 0.700. The molecule has 0 aliphatic heterocycles. The second-order valence-electron chi connectivity index (χ2n) is 7.93. The van der Waals surface area contributed by atoms with Gasteiger partial charge in [-0.15, -0.1) is 0 Å². The van der Waals surface area contributed by atoms with Gasteiger partial charge in [-0.2, -0.15) is 0 Å². The minimum atomic E-state index is -0.851. The van der Waals surface area contributed by atoms with Gasteiger partial charge in [0.1, 0.15) is 18.9 Å². The predicted octanol–water partition coefficient (Wildman–Crippen LogP) is 0.946. The minimum absolute atomic E-state index is 0.00182. The van der Waals surface area contributed by atoms with Gasteiger partial charge in [-0.25, -0.2) is 4.79 Å². The number of H-pyrrole nitrogens is 1. The molecule has 0 radical (unpaired) electrons. The number of nitrogens with one attached hydrogen (secondary N) is 1. The largest absolute Gasteiger partial charge is 0.464 e. The Balaban J connectivity index is 2.78. The average molecular weight is 427 g/mol. The van der Waals surface area contributed by atoms with E-state index in [-0.39, 0.29) is 37.4 Å². The van der Waals surface area contributed by atoms with Crippen molar-refractivity contribution in [3.8, 4) is 0 Å². The lowest BCUT2D eigenvalue weighted by atomic mass is 10.1. The number of carbonyl (C=O) groups excluding carboxylic acids is 2. The molecule has 1 aromatic heterocycles. The Morgan fingerprint density at radius 3 is 2.37 bits per heavy atom. The van der Waals surface area contributed by atoms with Crippen LogP contribution in [0.15, 0.2) is 21.9 Å². The van der Waals surface area contributed by atoms with E-state index in [1.807, 2.05) is 13.8 Å². The minimum Gasteiger partial charge on any atom is -0.464 e. The molecule has 0 fully saturated rings. The SMILES string of the molecule is CC(C)CC(=O)OCC(C)OC(CCOC(=O)C(N)C(C)C)n1ccc(=O)[nH]c1=O. The maximum Gasteiger partial charge on any atom is 0.330 e. The summed E-state index contributed by atoms with van der Waals surface area (Å²) < 4.78 is 17.4. The number of aromatic nitrogens is 2. The monoisotopic (exact) mass is 427 g/mol. The van der Waals surface area contributed by atoms with Crippen LogP contribution in [0.25, 0.3) is 0 Å². The first-order chi connectivity index (χ1) is 14.0. The lowest BCUT2D eigenvalue weighted by Crippen LogP contribution is -2.38. The van der Waals surface area contributed by atoms with E-state index >= 15 is 0 Å². The first-order valence-electron chi connectivity index (χ1n) is 10.1. The van der Waals surface area contributed by atoms with Crippen molar-refractivity contribution in [2.75, 3.05) is 13.2 Å². The van der Waals surface area contributed by atoms with Gasteiger partial charge in [-0.05, 0) is 18.8 Å². The van der Waals surface area contributed by atoms with Crippen LogP contribution in [0.5, 0.6) is 0 Å². The Morgan fingerprint density at radius 1 is 1.13 bits per heavy atom. The molecule has 3 unspecified atom stereocenters. The highest BCUT2D eigenvalue weighted by molar-refractivity contribution is 5.75. The third-order valence-electron chi connectivity index (χ3n) is 4.20. The van der Waals surface area contributed by atoms with Crippen LogP contribution in [-0.2, 0) is 23.8 Å². The van der Waals surface area contributed by atoms with Crippen LogP contribution in [0.1, 0.15) is 53.7 Å². The zero-order chi connectivity index (χ0) is 22.8. The molecule has 0 saturated heterocycles. The van der Waals surface area contributed by atoms with E-state index in [4.69, 9.17) is 19.9 Å². The van der Waals surface area contributed by atoms with Gasteiger partial charge < -0.3 is 19.9 Å². The van der Waals surface area contributed by atoms with Crippen molar-refractivity contribution < 1.29 is 23.8 Å². The molecule has 0 bridgehead atoms. The second-order valence-corrected chi connectivity index (χ2v) is 7.93. The number of hydrogen-bond acceptors (Lipinski definition) is 8. The Hall–Kier alpha value is -2.46. The van der Waals surface area contributed by atoms with Gasteiger partial charge in [0.2, 0.25) is 0 Å². The quantitative estimate of drug-likeness (QED) is 0.469. The highest BCUT2D eigenvalue weighted by Crippen LogP contribution is 2.15. The number of nitrogens with zero attached hydrogens (tertiary/aromatic N) is 1. The topological polar surface area (TPSA) is 143 Å². The maximum absolute atomic E-state index is 12.2. The molecular formula is C20H33N3O7. The van der Waals surface area contributed by atoms with E-state index in [2.05, 4.69) is 4.98 Å². The lowest BCUT2D eigenvalue weighted by molar-refractivity contribution is -0.155. The third-order valence-corrected chi connectivity index (χ3v) is 4.20. The maximum atomic E-state index is 12.2. The number of esters is 2. The van der Waals surface area contributed by atoms with Crippen molar-refractivity contribution in [3.63, 3.8) is 0 Å². The molecule has 10 heteroatoms. The van der Waals surface area contributed by atoms with Gasteiger partial charge in [0.25, 0.3) is 5.56 Å². The average Bonchev–Trinajstić information content (AvgIpc) is 2.64. The number of hydrogen-bond donors (Lipinski definition) is 2. The Kier molecular flexibility index (Phi) is 10.5. The summed E-state index contributed by atoms with van der Waals surface area (Å²) in [5.74, 6) is -0.789. The van der Waals surface area contributed by atoms with Gasteiger partial charge in [-0.3, -0.25) is 23.9 Å². The zero-order valence-electron chi connectivity index (χ0n) is 18.3. The van der Waals surface area contributed by atoms with Gasteiger partial charge in [-0.1, -0.05) is 27.7 Å². The molecule has 3 N–H and O–H groups in total. The molecule has 10 nitrogen and oxygen atoms in total. The standard InChI is InChI=1S/C20H33N3O7/c1-12(2)10-17(25)29-11-14(5)30-16(23-8-6-15(24)22-20(23)27)7-9-28-19(26)18(21)13(3)4/h6,8,12-14,16,18H,7,9-11,21H2,1-5H3,(H,22,24,27). The van der Waals surface area contributed by atoms with Crippen molar-refractivity contribution in [1.82, 2.24) is 9.55 Å². The fourth-order valence-electron chi connectivity index (χ4n) is 2.47. The van der Waals surface area contributed by atoms with Crippen LogP contribution in [0.2, 0.25) is 0 Å². The molecule has 30 heavy (non-hydrogen) atoms. The first kappa shape index (κ1) is 25.6. The van der Waals surface area contributed by atoms with Crippen molar-refractivity contribution in [3.05, 3.63) is 33.1 Å². The molecular weight excluding hydrogens is 394 g/mol. The van der Waals surface area contributed by atoms with Crippen LogP contribution in [-0.4, -0.2) is 46.8 Å². The summed E-state index contributed by atoms with van der Waals surface area (Å²) in [6, 6.07) is 0.436. The van der Waals surface area contributed by atoms with Crippen LogP contribution in [0.4, 0.5) is 0 Å². The number of ether oxygens (including phenoxy) is 3. The zero-order valence-corrected chi connectivity index (χ0v) is 18.3. The van der Waals surface area contributed by atoms with Crippen molar-refractivity contribution >= 4 is 11.9 Å². The van der Waals surface area contributed by atoms with Gasteiger partial charge in [0.05, 0.1) is 12.7 Å². The number of carbonyl (C=O) groups is 2. The molecule has 1 rings (SSSR count). The van der Waals surface area contributed by atoms with Crippen molar-refractivity contribution in [2.24, 2.45) is 17.6 Å². The first-order valence-corrected chi connectivity index (χ1v) is 10.1. The van der Waals surface area contributed by atoms with Gasteiger partial charge in [0, 0.05) is 25.1 Å². The molecule has 1 heterocycles. The molecule has 170 valence electrons. The molecule has 0 spiro atoms. The predicted molar refractivity (Wildman–Crippen MR) is 110 cm³/mol. The Morgan fingerprint density at radius 2 is 1.80 bits per heavy atom. The lowest BCUT2D eigenvalue weighted by Gasteiger charge is -2.24. The molecule has 0 aliphatic carbocycles. The van der Waals surface area contributed by atoms with E-state index < -0.39 is 35.6 Å². The molecule has 0 saturated carbocycles. The van der Waals surface area contributed by atoms with Crippen LogP contribution in [0, 0.1) is 11.8 Å². The molecule has 3 atom stereocenters. The van der Waals surface area contributed by atoms with Crippen LogP contribution < -0.4 is 17.0 Å². The highest BCUT2D eigenvalue weighted by Gasteiger charge is 2.22. The van der Waals surface area contributed by atoms with E-state index in [0.717, 1.165) is 0 Å². The van der Waals surface area contributed by atoms with E-state index in [1.165, 1.54) is 16.8 Å². The summed E-state index contributed by atoms with van der Waals surface area (Å²) >= 11 is 0. The van der Waals surface area contributed by atoms with Crippen molar-refractivity contribution in [1.29, 1.82) is 0 Å². The second kappa shape index (κ2) is 12.3. The summed E-state index contributed by atoms with van der Waals surface area (Å²) in [6.07, 6.45) is 0.328. The number of aromatic amines is 1. The number of nitrogens with two attached hydrogens (primary N) is 1. The number of rotatable bonds is 12. The smallest absolute Gasteiger partial charge is 0.330 e. The van der Waals surface area contributed by atoms with E-state index in [9.17, 15) is 19.2 Å². The fourth-order valence-corrected chi connectivity index (χ4v) is 2.47. The normalized spacial score (nSPS) is 14.4. The molecule has 1 aromatic rings. The van der Waals surface area contributed by atoms with Crippen molar-refractivity contribution in [2.45, 2.75) is 65.8 Å². The molecule has 0 aliphatic rings. The van der Waals surface area contributed by atoms with E-state index in [1.54, 1.807) is 20.8 Å². The summed E-state index contributed by atoms with van der Waals surface area (Å²) in [4.78, 5) is 49.3. The van der Waals surface area contributed by atoms with Crippen LogP contribution >= 0.6 is 0 Å². The molecule has 0 aromatic carbocycles. The summed E-state index contributed by atoms with van der Waals surface area (Å²) in [6.45, 7) is 9.07. The summed E-state index contributed by atoms with van der Waals surface area (Å²) in [5, 5.41) is 0.